The molecule has 0 nitrogen and oxygen atoms in total. The van der Waals surface area contributed by atoms with Crippen LogP contribution in [0.3, 0.4) is 0 Å². The first-order chi connectivity index (χ1) is 9.65. The van der Waals surface area contributed by atoms with Crippen molar-refractivity contribution < 1.29 is 0 Å². The van der Waals surface area contributed by atoms with Crippen molar-refractivity contribution in [3.05, 3.63) is 82.4 Å². The van der Waals surface area contributed by atoms with Crippen LogP contribution in [0.1, 0.15) is 34.2 Å². The zero-order valence-electron chi connectivity index (χ0n) is 12.4. The number of hydrogen-bond donors (Lipinski definition) is 0. The molecule has 0 aliphatic heterocycles. The van der Waals surface area contributed by atoms with Gasteiger partial charge in [0.15, 0.2) is 0 Å². The molecular weight excluding hydrogens is 240 g/mol. The lowest BCUT2D eigenvalue weighted by atomic mass is 9.95. The van der Waals surface area contributed by atoms with Gasteiger partial charge in [0.25, 0.3) is 0 Å². The molecule has 0 spiro atoms. The zero-order valence-corrected chi connectivity index (χ0v) is 12.4. The summed E-state index contributed by atoms with van der Waals surface area (Å²) in [5.41, 5.74) is 9.67. The van der Waals surface area contributed by atoms with Crippen LogP contribution in [0.2, 0.25) is 0 Å². The zero-order chi connectivity index (χ0) is 14.1. The van der Waals surface area contributed by atoms with E-state index in [-0.39, 0.29) is 0 Å². The number of allylic oxidation sites excluding steroid dienone is 4. The van der Waals surface area contributed by atoms with Crippen LogP contribution in [-0.2, 0) is 0 Å². The number of benzene rings is 2. The smallest absolute Gasteiger partial charge is 0.00138 e. The fourth-order valence-corrected chi connectivity index (χ4v) is 2.78. The molecule has 2 aromatic rings. The highest BCUT2D eigenvalue weighted by Crippen LogP contribution is 2.35. The molecule has 100 valence electrons. The van der Waals surface area contributed by atoms with E-state index >= 15 is 0 Å². The van der Waals surface area contributed by atoms with E-state index in [1.807, 2.05) is 0 Å². The monoisotopic (exact) mass is 260 g/mol. The first kappa shape index (κ1) is 12.9. The summed E-state index contributed by atoms with van der Waals surface area (Å²) in [6.45, 7) is 6.54. The Morgan fingerprint density at radius 2 is 1.45 bits per heavy atom. The molecule has 0 unspecified atom stereocenters. The van der Waals surface area contributed by atoms with E-state index in [0.29, 0.717) is 0 Å². The van der Waals surface area contributed by atoms with Crippen LogP contribution in [-0.4, -0.2) is 0 Å². The molecule has 0 amide bonds. The molecule has 0 saturated heterocycles. The molecule has 0 heteroatoms. The summed E-state index contributed by atoms with van der Waals surface area (Å²) in [5, 5.41) is 0. The van der Waals surface area contributed by atoms with E-state index in [0.717, 1.165) is 6.42 Å². The second-order valence-electron chi connectivity index (χ2n) is 5.67. The fourth-order valence-electron chi connectivity index (χ4n) is 2.78. The van der Waals surface area contributed by atoms with E-state index in [1.54, 1.807) is 0 Å². The minimum atomic E-state index is 1.04. The van der Waals surface area contributed by atoms with Crippen LogP contribution in [0.25, 0.3) is 11.1 Å². The van der Waals surface area contributed by atoms with E-state index < -0.39 is 0 Å². The Kier molecular flexibility index (Phi) is 3.31. The maximum atomic E-state index is 2.30. The molecule has 0 saturated carbocycles. The molecule has 20 heavy (non-hydrogen) atoms. The summed E-state index contributed by atoms with van der Waals surface area (Å²) in [6.07, 6.45) is 5.58. The molecule has 0 bridgehead atoms. The molecule has 0 heterocycles. The highest BCUT2D eigenvalue weighted by Gasteiger charge is 2.13. The van der Waals surface area contributed by atoms with Crippen molar-refractivity contribution in [2.75, 3.05) is 0 Å². The predicted octanol–water partition coefficient (Wildman–Crippen LogP) is 5.48. The van der Waals surface area contributed by atoms with Gasteiger partial charge in [0.1, 0.15) is 0 Å². The molecule has 0 aromatic heterocycles. The van der Waals surface area contributed by atoms with Crippen LogP contribution in [0.4, 0.5) is 0 Å². The largest absolute Gasteiger partial charge is 0.0620 e. The summed E-state index contributed by atoms with van der Waals surface area (Å²) >= 11 is 0. The summed E-state index contributed by atoms with van der Waals surface area (Å²) in [6, 6.07) is 15.4. The highest BCUT2D eigenvalue weighted by molar-refractivity contribution is 5.87. The predicted molar refractivity (Wildman–Crippen MR) is 87.7 cm³/mol. The standard InChI is InChI=1S/C20H20/c1-14-8-9-17(12-16(14)3)18-10-11-19(13-18)20-7-5-4-6-15(20)2/h4-12H,13H2,1-3H3. The van der Waals surface area contributed by atoms with Gasteiger partial charge in [-0.3, -0.25) is 0 Å². The lowest BCUT2D eigenvalue weighted by Crippen LogP contribution is -1.89. The third-order valence-corrected chi connectivity index (χ3v) is 4.24. The lowest BCUT2D eigenvalue weighted by molar-refractivity contribution is 1.31. The molecule has 0 fully saturated rings. The second-order valence-corrected chi connectivity index (χ2v) is 5.67. The Morgan fingerprint density at radius 1 is 0.700 bits per heavy atom. The summed E-state index contributed by atoms with van der Waals surface area (Å²) < 4.78 is 0. The number of hydrogen-bond acceptors (Lipinski definition) is 0. The van der Waals surface area contributed by atoms with Crippen molar-refractivity contribution in [1.29, 1.82) is 0 Å². The average molecular weight is 260 g/mol. The third kappa shape index (κ3) is 2.34. The van der Waals surface area contributed by atoms with Crippen LogP contribution >= 0.6 is 0 Å². The van der Waals surface area contributed by atoms with Crippen LogP contribution in [0.5, 0.6) is 0 Å². The quantitative estimate of drug-likeness (QED) is 0.670. The SMILES string of the molecule is Cc1ccc(C2=CC=C(c3ccccc3C)C2)cc1C. The minimum Gasteiger partial charge on any atom is -0.0620 e. The van der Waals surface area contributed by atoms with Gasteiger partial charge in [-0.1, -0.05) is 54.6 Å². The van der Waals surface area contributed by atoms with E-state index in [1.165, 1.54) is 39.0 Å². The summed E-state index contributed by atoms with van der Waals surface area (Å²) in [5.74, 6) is 0. The Hall–Kier alpha value is -2.08. The van der Waals surface area contributed by atoms with Crippen LogP contribution in [0.15, 0.2) is 54.6 Å². The van der Waals surface area contributed by atoms with Crippen LogP contribution in [0, 0.1) is 20.8 Å². The van der Waals surface area contributed by atoms with Gasteiger partial charge in [0.05, 0.1) is 0 Å². The number of rotatable bonds is 2. The van der Waals surface area contributed by atoms with Gasteiger partial charge in [-0.15, -0.1) is 0 Å². The molecule has 1 aliphatic rings. The van der Waals surface area contributed by atoms with E-state index in [2.05, 4.69) is 75.4 Å². The van der Waals surface area contributed by atoms with Crippen molar-refractivity contribution in [1.82, 2.24) is 0 Å². The molecule has 0 radical (unpaired) electrons. The Bertz CT molecular complexity index is 715. The second kappa shape index (κ2) is 5.13. The molecule has 2 aromatic carbocycles. The average Bonchev–Trinajstić information content (AvgIpc) is 2.92. The van der Waals surface area contributed by atoms with Gasteiger partial charge in [0, 0.05) is 0 Å². The lowest BCUT2D eigenvalue weighted by Gasteiger charge is -2.10. The van der Waals surface area contributed by atoms with Crippen molar-refractivity contribution >= 4 is 11.1 Å². The van der Waals surface area contributed by atoms with Gasteiger partial charge < -0.3 is 0 Å². The van der Waals surface area contributed by atoms with E-state index in [9.17, 15) is 0 Å². The van der Waals surface area contributed by atoms with Crippen molar-refractivity contribution in [3.63, 3.8) is 0 Å². The Labute approximate surface area is 121 Å². The van der Waals surface area contributed by atoms with Crippen LogP contribution < -0.4 is 0 Å². The molecule has 3 rings (SSSR count). The Balaban J connectivity index is 1.85. The molecule has 1 aliphatic carbocycles. The minimum absolute atomic E-state index is 1.04. The summed E-state index contributed by atoms with van der Waals surface area (Å²) in [4.78, 5) is 0. The van der Waals surface area contributed by atoms with Gasteiger partial charge in [-0.05, 0) is 66.2 Å². The highest BCUT2D eigenvalue weighted by atomic mass is 14.2. The van der Waals surface area contributed by atoms with Gasteiger partial charge >= 0.3 is 0 Å². The molecule has 0 N–H and O–H groups in total. The molecular formula is C20H20. The van der Waals surface area contributed by atoms with Crippen molar-refractivity contribution in [2.45, 2.75) is 27.2 Å². The molecule has 0 atom stereocenters. The van der Waals surface area contributed by atoms with E-state index in [4.69, 9.17) is 0 Å². The number of aryl methyl sites for hydroxylation is 3. The maximum Gasteiger partial charge on any atom is -0.00138 e. The van der Waals surface area contributed by atoms with Crippen molar-refractivity contribution in [3.8, 4) is 0 Å². The normalized spacial score (nSPS) is 14.2. The fraction of sp³-hybridized carbons (Fsp3) is 0.200. The third-order valence-electron chi connectivity index (χ3n) is 4.24. The topological polar surface area (TPSA) is 0 Å². The first-order valence-electron chi connectivity index (χ1n) is 7.18. The van der Waals surface area contributed by atoms with Crippen molar-refractivity contribution in [2.24, 2.45) is 0 Å². The van der Waals surface area contributed by atoms with Gasteiger partial charge in [-0.2, -0.15) is 0 Å². The van der Waals surface area contributed by atoms with Gasteiger partial charge in [0.2, 0.25) is 0 Å². The summed E-state index contributed by atoms with van der Waals surface area (Å²) in [7, 11) is 0. The Morgan fingerprint density at radius 3 is 2.20 bits per heavy atom. The first-order valence-corrected chi connectivity index (χ1v) is 7.18. The van der Waals surface area contributed by atoms with Gasteiger partial charge in [-0.25, -0.2) is 0 Å². The maximum absolute atomic E-state index is 2.30.